The van der Waals surface area contributed by atoms with E-state index in [-0.39, 0.29) is 36.2 Å². The zero-order chi connectivity index (χ0) is 21.5. The molecule has 2 aliphatic heterocycles. The number of imide groups is 1. The molecule has 1 saturated heterocycles. The summed E-state index contributed by atoms with van der Waals surface area (Å²) in [6, 6.07) is 6.89. The molecule has 2 aliphatic carbocycles. The second kappa shape index (κ2) is 6.11. The number of carbonyl (C=O) groups excluding carboxylic acids is 3. The van der Waals surface area contributed by atoms with Gasteiger partial charge in [0.2, 0.25) is 0 Å². The fraction of sp³-hybridized carbons (Fsp3) is 0.542. The first kappa shape index (κ1) is 19.6. The lowest BCUT2D eigenvalue weighted by Crippen LogP contribution is -2.38. The molecule has 1 aromatic carbocycles. The molecular weight excluding hydrogens is 382 g/mol. The van der Waals surface area contributed by atoms with Gasteiger partial charge in [0.1, 0.15) is 5.60 Å². The number of carbonyl (C=O) groups is 3. The average molecular weight is 409 g/mol. The maximum atomic E-state index is 13.0. The minimum atomic E-state index is -0.975. The number of rotatable bonds is 6. The highest BCUT2D eigenvalue weighted by atomic mass is 16.6. The van der Waals surface area contributed by atoms with Gasteiger partial charge in [-0.1, -0.05) is 23.8 Å². The fourth-order valence-corrected chi connectivity index (χ4v) is 6.34. The minimum Gasteiger partial charge on any atom is -0.369 e. The van der Waals surface area contributed by atoms with E-state index < -0.39 is 16.6 Å². The van der Waals surface area contributed by atoms with Crippen LogP contribution in [0.15, 0.2) is 35.9 Å². The number of epoxide rings is 1. The number of benzene rings is 1. The SMILES string of the molecule is CO[C@]12C(=O)CC[C@@]1(CN1C(=O)c3ccccc3C1=O)[C@H]2[C@@]1(C)O[C@@H]1CC=C(C)C. The molecule has 5 atom stereocenters. The van der Waals surface area contributed by atoms with Crippen molar-refractivity contribution in [1.29, 1.82) is 0 Å². The van der Waals surface area contributed by atoms with Gasteiger partial charge in [0.25, 0.3) is 11.8 Å². The van der Waals surface area contributed by atoms with Crippen LogP contribution in [0.3, 0.4) is 0 Å². The highest BCUT2D eigenvalue weighted by molar-refractivity contribution is 6.21. The van der Waals surface area contributed by atoms with Crippen molar-refractivity contribution in [2.75, 3.05) is 13.7 Å². The molecule has 0 bridgehead atoms. The number of allylic oxidation sites excluding steroid dienone is 1. The third-order valence-corrected chi connectivity index (χ3v) is 7.76. The molecule has 2 amide bonds. The quantitative estimate of drug-likeness (QED) is 0.410. The number of fused-ring (bicyclic) bond motifs is 2. The number of methoxy groups -OCH3 is 1. The molecule has 0 unspecified atom stereocenters. The number of amides is 2. The molecular formula is C24H27NO5. The monoisotopic (exact) mass is 409 g/mol. The summed E-state index contributed by atoms with van der Waals surface area (Å²) in [5.41, 5.74) is 0.0356. The van der Waals surface area contributed by atoms with Crippen LogP contribution < -0.4 is 0 Å². The fourth-order valence-electron chi connectivity index (χ4n) is 6.34. The van der Waals surface area contributed by atoms with Gasteiger partial charge in [-0.2, -0.15) is 0 Å². The van der Waals surface area contributed by atoms with Gasteiger partial charge in [-0.25, -0.2) is 0 Å². The van der Waals surface area contributed by atoms with E-state index in [1.54, 1.807) is 31.4 Å². The summed E-state index contributed by atoms with van der Waals surface area (Å²) in [7, 11) is 1.57. The Kier molecular flexibility index (Phi) is 4.00. The van der Waals surface area contributed by atoms with Gasteiger partial charge in [0.15, 0.2) is 5.78 Å². The molecule has 6 nitrogen and oxygen atoms in total. The van der Waals surface area contributed by atoms with E-state index in [1.807, 2.05) is 6.92 Å². The number of ketones is 1. The van der Waals surface area contributed by atoms with Crippen LogP contribution in [0.2, 0.25) is 0 Å². The number of hydrogen-bond donors (Lipinski definition) is 0. The molecule has 3 fully saturated rings. The van der Waals surface area contributed by atoms with Gasteiger partial charge >= 0.3 is 0 Å². The van der Waals surface area contributed by atoms with Crippen molar-refractivity contribution in [3.05, 3.63) is 47.0 Å². The Bertz CT molecular complexity index is 976. The third-order valence-electron chi connectivity index (χ3n) is 7.76. The third kappa shape index (κ3) is 2.24. The van der Waals surface area contributed by atoms with Crippen LogP contribution in [-0.4, -0.2) is 53.5 Å². The number of ether oxygens (including phenoxy) is 2. The number of hydrogen-bond acceptors (Lipinski definition) is 5. The molecule has 2 saturated carbocycles. The van der Waals surface area contributed by atoms with Gasteiger partial charge in [0, 0.05) is 31.4 Å². The van der Waals surface area contributed by atoms with Crippen LogP contribution in [0, 0.1) is 11.3 Å². The Hall–Kier alpha value is -2.31. The summed E-state index contributed by atoms with van der Waals surface area (Å²) in [6.07, 6.45) is 3.95. The van der Waals surface area contributed by atoms with Crippen LogP contribution in [0.5, 0.6) is 0 Å². The normalized spacial score (nSPS) is 38.5. The molecule has 0 radical (unpaired) electrons. The van der Waals surface area contributed by atoms with Crippen molar-refractivity contribution in [2.24, 2.45) is 11.3 Å². The first-order valence-electron chi connectivity index (χ1n) is 10.6. The lowest BCUT2D eigenvalue weighted by Gasteiger charge is -2.23. The second-order valence-corrected chi connectivity index (χ2v) is 9.50. The Morgan fingerprint density at radius 2 is 1.83 bits per heavy atom. The molecule has 0 aromatic heterocycles. The molecule has 4 aliphatic rings. The Morgan fingerprint density at radius 1 is 1.20 bits per heavy atom. The molecule has 6 heteroatoms. The lowest BCUT2D eigenvalue weighted by atomic mass is 9.88. The second-order valence-electron chi connectivity index (χ2n) is 9.50. The van der Waals surface area contributed by atoms with E-state index in [0.717, 1.165) is 6.42 Å². The standard InChI is InChI=1S/C24H27NO5/c1-14(2)9-10-18-22(3,30-18)21-23(12-11-17(26)24(21,23)29-4)13-25-19(27)15-7-5-6-8-16(15)20(25)28/h5-9,18,21H,10-13H2,1-4H3/t18-,21-,22+,23-,24+/m1/s1. The van der Waals surface area contributed by atoms with Crippen LogP contribution >= 0.6 is 0 Å². The van der Waals surface area contributed by atoms with Crippen LogP contribution in [0.1, 0.15) is 60.7 Å². The van der Waals surface area contributed by atoms with Gasteiger partial charge in [-0.3, -0.25) is 19.3 Å². The summed E-state index contributed by atoms with van der Waals surface area (Å²) in [4.78, 5) is 40.3. The molecule has 5 rings (SSSR count). The van der Waals surface area contributed by atoms with E-state index in [9.17, 15) is 14.4 Å². The summed E-state index contributed by atoms with van der Waals surface area (Å²) >= 11 is 0. The topological polar surface area (TPSA) is 76.2 Å². The molecule has 30 heavy (non-hydrogen) atoms. The van der Waals surface area contributed by atoms with Gasteiger partial charge in [-0.05, 0) is 45.7 Å². The largest absolute Gasteiger partial charge is 0.369 e. The van der Waals surface area contributed by atoms with Crippen LogP contribution in [0.25, 0.3) is 0 Å². The van der Waals surface area contributed by atoms with Crippen molar-refractivity contribution >= 4 is 17.6 Å². The summed E-state index contributed by atoms with van der Waals surface area (Å²) in [6.45, 7) is 6.33. The molecule has 0 N–H and O–H groups in total. The van der Waals surface area contributed by atoms with E-state index in [1.165, 1.54) is 10.5 Å². The highest BCUT2D eigenvalue weighted by Gasteiger charge is 2.91. The van der Waals surface area contributed by atoms with Crippen molar-refractivity contribution < 1.29 is 23.9 Å². The van der Waals surface area contributed by atoms with Crippen molar-refractivity contribution in [3.8, 4) is 0 Å². The number of Topliss-reactive ketones (excluding diaryl/α,β-unsaturated/α-hetero) is 1. The van der Waals surface area contributed by atoms with Gasteiger partial charge in [0.05, 0.1) is 22.8 Å². The Labute approximate surface area is 176 Å². The van der Waals surface area contributed by atoms with Crippen LogP contribution in [-0.2, 0) is 14.3 Å². The molecule has 0 spiro atoms. The lowest BCUT2D eigenvalue weighted by molar-refractivity contribution is -0.131. The highest BCUT2D eigenvalue weighted by Crippen LogP contribution is 2.78. The van der Waals surface area contributed by atoms with E-state index in [4.69, 9.17) is 9.47 Å². The zero-order valence-electron chi connectivity index (χ0n) is 17.9. The maximum Gasteiger partial charge on any atom is 0.261 e. The van der Waals surface area contributed by atoms with Crippen LogP contribution in [0.4, 0.5) is 0 Å². The smallest absolute Gasteiger partial charge is 0.261 e. The predicted molar refractivity (Wildman–Crippen MR) is 109 cm³/mol. The van der Waals surface area contributed by atoms with Crippen molar-refractivity contribution in [1.82, 2.24) is 4.90 Å². The average Bonchev–Trinajstić information content (AvgIpc) is 3.51. The number of nitrogens with zero attached hydrogens (tertiary/aromatic N) is 1. The van der Waals surface area contributed by atoms with Crippen molar-refractivity contribution in [3.63, 3.8) is 0 Å². The first-order chi connectivity index (χ1) is 14.2. The van der Waals surface area contributed by atoms with E-state index in [0.29, 0.717) is 24.0 Å². The molecule has 1 aromatic rings. The van der Waals surface area contributed by atoms with E-state index in [2.05, 4.69) is 19.9 Å². The summed E-state index contributed by atoms with van der Waals surface area (Å²) < 4.78 is 12.0. The maximum absolute atomic E-state index is 13.0. The molecule has 158 valence electrons. The zero-order valence-corrected chi connectivity index (χ0v) is 17.9. The summed E-state index contributed by atoms with van der Waals surface area (Å²) in [5.74, 6) is -0.682. The van der Waals surface area contributed by atoms with Crippen molar-refractivity contribution in [2.45, 2.75) is 57.3 Å². The Morgan fingerprint density at radius 3 is 2.40 bits per heavy atom. The first-order valence-corrected chi connectivity index (χ1v) is 10.6. The van der Waals surface area contributed by atoms with Gasteiger partial charge in [-0.15, -0.1) is 0 Å². The summed E-state index contributed by atoms with van der Waals surface area (Å²) in [5, 5.41) is 0. The van der Waals surface area contributed by atoms with Gasteiger partial charge < -0.3 is 9.47 Å². The predicted octanol–water partition coefficient (Wildman–Crippen LogP) is 3.16. The molecule has 2 heterocycles. The van der Waals surface area contributed by atoms with E-state index >= 15 is 0 Å². The Balaban J connectivity index is 1.47. The minimum absolute atomic E-state index is 0.0156.